The molecule has 0 fully saturated rings. The summed E-state index contributed by atoms with van der Waals surface area (Å²) in [6.45, 7) is 5.94. The average molecular weight is 342 g/mol. The Hall–Kier alpha value is -2.37. The second kappa shape index (κ2) is 8.65. The van der Waals surface area contributed by atoms with Crippen molar-refractivity contribution in [2.24, 2.45) is 5.73 Å². The van der Waals surface area contributed by atoms with Crippen LogP contribution in [0.3, 0.4) is 0 Å². The molecular weight excluding hydrogens is 316 g/mol. The lowest BCUT2D eigenvalue weighted by Crippen LogP contribution is -2.36. The van der Waals surface area contributed by atoms with Gasteiger partial charge in [0.2, 0.25) is 5.91 Å². The summed E-state index contributed by atoms with van der Waals surface area (Å²) in [7, 11) is 0. The van der Waals surface area contributed by atoms with Gasteiger partial charge in [-0.1, -0.05) is 42.0 Å². The van der Waals surface area contributed by atoms with E-state index in [2.05, 4.69) is 5.32 Å². The highest BCUT2D eigenvalue weighted by Gasteiger charge is 2.17. The van der Waals surface area contributed by atoms with Crippen LogP contribution in [0, 0.1) is 6.92 Å². The molecule has 2 atom stereocenters. The third-order valence-electron chi connectivity index (χ3n) is 3.80. The molecule has 1 amide bonds. The van der Waals surface area contributed by atoms with Crippen molar-refractivity contribution >= 4 is 5.91 Å². The summed E-state index contributed by atoms with van der Waals surface area (Å²) in [5.41, 5.74) is 8.51. The van der Waals surface area contributed by atoms with Crippen molar-refractivity contribution in [3.63, 3.8) is 0 Å². The lowest BCUT2D eigenvalue weighted by atomic mass is 10.0. The number of aliphatic hydroxyl groups excluding tert-OH is 1. The fourth-order valence-electron chi connectivity index (χ4n) is 2.42. The van der Waals surface area contributed by atoms with Crippen molar-refractivity contribution in [2.45, 2.75) is 39.0 Å². The number of carbonyl (C=O) groups is 1. The number of carbonyl (C=O) groups excluding carboxylic acids is 1. The Balaban J connectivity index is 1.93. The summed E-state index contributed by atoms with van der Waals surface area (Å²) in [5.74, 6) is 0.367. The smallest absolute Gasteiger partial charge is 0.241 e. The third-order valence-corrected chi connectivity index (χ3v) is 3.80. The van der Waals surface area contributed by atoms with E-state index in [1.165, 1.54) is 0 Å². The Morgan fingerprint density at radius 2 is 1.84 bits per heavy atom. The minimum absolute atomic E-state index is 0.0552. The molecule has 5 heteroatoms. The monoisotopic (exact) mass is 342 g/mol. The van der Waals surface area contributed by atoms with E-state index in [9.17, 15) is 9.90 Å². The van der Waals surface area contributed by atoms with Gasteiger partial charge in [0.05, 0.1) is 12.2 Å². The van der Waals surface area contributed by atoms with E-state index in [0.29, 0.717) is 11.3 Å². The highest BCUT2D eigenvalue weighted by Crippen LogP contribution is 2.20. The van der Waals surface area contributed by atoms with Gasteiger partial charge in [0.15, 0.2) is 0 Å². The summed E-state index contributed by atoms with van der Waals surface area (Å²) < 4.78 is 5.62. The van der Waals surface area contributed by atoms with Gasteiger partial charge in [0.25, 0.3) is 0 Å². The molecule has 0 radical (unpaired) electrons. The largest absolute Gasteiger partial charge is 0.491 e. The highest BCUT2D eigenvalue weighted by molar-refractivity contribution is 5.82. The van der Waals surface area contributed by atoms with Crippen LogP contribution < -0.4 is 15.8 Å². The average Bonchev–Trinajstić information content (AvgIpc) is 2.59. The van der Waals surface area contributed by atoms with Crippen molar-refractivity contribution < 1.29 is 14.6 Å². The van der Waals surface area contributed by atoms with E-state index in [4.69, 9.17) is 10.5 Å². The maximum atomic E-state index is 12.2. The van der Waals surface area contributed by atoms with Crippen molar-refractivity contribution in [1.82, 2.24) is 5.32 Å². The lowest BCUT2D eigenvalue weighted by molar-refractivity contribution is -0.122. The molecule has 0 heterocycles. The number of rotatable bonds is 7. The molecule has 0 aromatic heterocycles. The van der Waals surface area contributed by atoms with Gasteiger partial charge in [-0.2, -0.15) is 0 Å². The van der Waals surface area contributed by atoms with Crippen molar-refractivity contribution in [3.8, 4) is 5.75 Å². The fourth-order valence-corrected chi connectivity index (χ4v) is 2.42. The first-order valence-corrected chi connectivity index (χ1v) is 8.41. The Morgan fingerprint density at radius 3 is 2.48 bits per heavy atom. The van der Waals surface area contributed by atoms with Gasteiger partial charge >= 0.3 is 0 Å². The third kappa shape index (κ3) is 5.59. The zero-order valence-corrected chi connectivity index (χ0v) is 14.9. The van der Waals surface area contributed by atoms with Crippen molar-refractivity contribution in [3.05, 3.63) is 65.2 Å². The summed E-state index contributed by atoms with van der Waals surface area (Å²) in [5, 5.41) is 13.0. The normalized spacial score (nSPS) is 13.4. The van der Waals surface area contributed by atoms with Gasteiger partial charge in [-0.05, 0) is 44.0 Å². The summed E-state index contributed by atoms with van der Waals surface area (Å²) in [6, 6.07) is 14.0. The zero-order valence-electron chi connectivity index (χ0n) is 14.9. The van der Waals surface area contributed by atoms with Crippen LogP contribution in [-0.4, -0.2) is 23.7 Å². The molecule has 2 unspecified atom stereocenters. The summed E-state index contributed by atoms with van der Waals surface area (Å²) in [4.78, 5) is 12.2. The fraction of sp³-hybridized carbons (Fsp3) is 0.350. The van der Waals surface area contributed by atoms with Crippen molar-refractivity contribution in [1.29, 1.82) is 0 Å². The van der Waals surface area contributed by atoms with Crippen LogP contribution in [0.2, 0.25) is 0 Å². The van der Waals surface area contributed by atoms with Gasteiger partial charge < -0.3 is 20.9 Å². The number of aliphatic hydroxyl groups is 1. The maximum Gasteiger partial charge on any atom is 0.241 e. The molecule has 2 rings (SSSR count). The number of hydrogen-bond acceptors (Lipinski definition) is 4. The van der Waals surface area contributed by atoms with E-state index < -0.39 is 12.1 Å². The Kier molecular flexibility index (Phi) is 6.56. The number of nitrogens with two attached hydrogens (primary N) is 1. The van der Waals surface area contributed by atoms with Gasteiger partial charge in [0, 0.05) is 6.54 Å². The predicted molar refractivity (Wildman–Crippen MR) is 98.3 cm³/mol. The van der Waals surface area contributed by atoms with Crippen LogP contribution in [0.25, 0.3) is 0 Å². The first kappa shape index (κ1) is 19.0. The molecule has 0 saturated carbocycles. The molecule has 0 bridgehead atoms. The first-order valence-electron chi connectivity index (χ1n) is 8.41. The van der Waals surface area contributed by atoms with Crippen LogP contribution in [-0.2, 0) is 4.79 Å². The van der Waals surface area contributed by atoms with E-state index in [1.54, 1.807) is 12.1 Å². The predicted octanol–water partition coefficient (Wildman–Crippen LogP) is 2.63. The summed E-state index contributed by atoms with van der Waals surface area (Å²) in [6.07, 6.45) is -0.774. The van der Waals surface area contributed by atoms with E-state index in [1.807, 2.05) is 57.2 Å². The molecule has 134 valence electrons. The minimum Gasteiger partial charge on any atom is -0.491 e. The number of amides is 1. The van der Waals surface area contributed by atoms with Crippen LogP contribution in [0.1, 0.15) is 42.7 Å². The molecule has 4 N–H and O–H groups in total. The number of ether oxygens (including phenoxy) is 1. The van der Waals surface area contributed by atoms with Crippen LogP contribution in [0.15, 0.2) is 48.5 Å². The Labute approximate surface area is 148 Å². The van der Waals surface area contributed by atoms with Crippen LogP contribution >= 0.6 is 0 Å². The van der Waals surface area contributed by atoms with E-state index in [0.717, 1.165) is 11.1 Å². The molecule has 25 heavy (non-hydrogen) atoms. The van der Waals surface area contributed by atoms with Gasteiger partial charge in [-0.15, -0.1) is 0 Å². The topological polar surface area (TPSA) is 84.6 Å². The molecule has 0 spiro atoms. The summed E-state index contributed by atoms with van der Waals surface area (Å²) >= 11 is 0. The standard InChI is InChI=1S/C20H26N2O3/c1-13(2)25-17-6-4-5-16(11-17)18(23)12-22-20(24)19(21)15-9-7-14(3)8-10-15/h4-11,13,18-19,23H,12,21H2,1-3H3,(H,22,24). The van der Waals surface area contributed by atoms with Gasteiger partial charge in [-0.3, -0.25) is 4.79 Å². The quantitative estimate of drug-likeness (QED) is 0.722. The zero-order chi connectivity index (χ0) is 18.4. The molecule has 0 aliphatic rings. The van der Waals surface area contributed by atoms with E-state index in [-0.39, 0.29) is 18.6 Å². The van der Waals surface area contributed by atoms with Crippen molar-refractivity contribution in [2.75, 3.05) is 6.54 Å². The SMILES string of the molecule is Cc1ccc(C(N)C(=O)NCC(O)c2cccc(OC(C)C)c2)cc1. The van der Waals surface area contributed by atoms with E-state index >= 15 is 0 Å². The number of hydrogen-bond donors (Lipinski definition) is 3. The molecule has 0 aliphatic carbocycles. The number of benzene rings is 2. The van der Waals surface area contributed by atoms with Crippen LogP contribution in [0.5, 0.6) is 5.75 Å². The molecule has 2 aromatic rings. The Morgan fingerprint density at radius 1 is 1.16 bits per heavy atom. The second-order valence-corrected chi connectivity index (χ2v) is 6.39. The molecule has 5 nitrogen and oxygen atoms in total. The van der Waals surface area contributed by atoms with Gasteiger partial charge in [0.1, 0.15) is 11.8 Å². The Bertz CT molecular complexity index is 698. The van der Waals surface area contributed by atoms with Crippen LogP contribution in [0.4, 0.5) is 0 Å². The first-order chi connectivity index (χ1) is 11.9. The second-order valence-electron chi connectivity index (χ2n) is 6.39. The molecule has 0 aliphatic heterocycles. The molecule has 2 aromatic carbocycles. The maximum absolute atomic E-state index is 12.2. The molecular formula is C20H26N2O3. The number of nitrogens with one attached hydrogen (secondary N) is 1. The lowest BCUT2D eigenvalue weighted by Gasteiger charge is -2.17. The molecule has 0 saturated heterocycles. The minimum atomic E-state index is -0.829. The van der Waals surface area contributed by atoms with Gasteiger partial charge in [-0.25, -0.2) is 0 Å². The highest BCUT2D eigenvalue weighted by atomic mass is 16.5. The number of aryl methyl sites for hydroxylation is 1.